The van der Waals surface area contributed by atoms with Gasteiger partial charge >= 0.3 is 0 Å². The number of aryl methyl sites for hydroxylation is 1. The molecule has 2 aromatic rings. The van der Waals surface area contributed by atoms with Crippen molar-refractivity contribution in [2.45, 2.75) is 19.9 Å². The maximum atomic E-state index is 6.14. The molecule has 0 bridgehead atoms. The molecule has 0 aliphatic carbocycles. The van der Waals surface area contributed by atoms with Crippen molar-refractivity contribution in [2.75, 3.05) is 17.7 Å². The van der Waals surface area contributed by atoms with Gasteiger partial charge in [-0.05, 0) is 36.9 Å². The van der Waals surface area contributed by atoms with E-state index in [1.165, 1.54) is 4.88 Å². The molecular formula is C14H18N2S. The third-order valence-corrected chi connectivity index (χ3v) is 4.26. The van der Waals surface area contributed by atoms with Crippen molar-refractivity contribution in [1.29, 1.82) is 0 Å². The molecule has 17 heavy (non-hydrogen) atoms. The van der Waals surface area contributed by atoms with Crippen molar-refractivity contribution in [3.05, 3.63) is 46.2 Å². The Morgan fingerprint density at radius 3 is 2.65 bits per heavy atom. The second-order valence-electron chi connectivity index (χ2n) is 4.31. The van der Waals surface area contributed by atoms with Crippen LogP contribution in [0.4, 0.5) is 11.4 Å². The largest absolute Gasteiger partial charge is 0.397 e. The number of para-hydroxylation sites is 1. The molecular weight excluding hydrogens is 228 g/mol. The van der Waals surface area contributed by atoms with Crippen LogP contribution in [0, 0.1) is 6.92 Å². The van der Waals surface area contributed by atoms with E-state index in [9.17, 15) is 0 Å². The van der Waals surface area contributed by atoms with Crippen LogP contribution in [0.15, 0.2) is 35.7 Å². The minimum Gasteiger partial charge on any atom is -0.397 e. The molecule has 0 spiro atoms. The van der Waals surface area contributed by atoms with Gasteiger partial charge in [-0.15, -0.1) is 11.3 Å². The summed E-state index contributed by atoms with van der Waals surface area (Å²) in [5.41, 5.74) is 9.24. The Balaban J connectivity index is 2.31. The van der Waals surface area contributed by atoms with Gasteiger partial charge in [-0.1, -0.05) is 18.2 Å². The standard InChI is InChI=1S/C14H18N2S/c1-10-6-4-7-12(14(10)15)16(3)11(2)13-8-5-9-17-13/h4-9,11H,15H2,1-3H3. The number of nitrogens with two attached hydrogens (primary N) is 1. The molecule has 1 unspecified atom stereocenters. The van der Waals surface area contributed by atoms with Crippen molar-refractivity contribution in [2.24, 2.45) is 0 Å². The molecule has 0 saturated heterocycles. The van der Waals surface area contributed by atoms with Crippen LogP contribution in [0.1, 0.15) is 23.4 Å². The first-order valence-electron chi connectivity index (χ1n) is 5.72. The predicted octanol–water partition coefficient (Wildman–Crippen LogP) is 3.84. The lowest BCUT2D eigenvalue weighted by atomic mass is 10.1. The van der Waals surface area contributed by atoms with E-state index in [1.54, 1.807) is 11.3 Å². The SMILES string of the molecule is Cc1cccc(N(C)C(C)c2cccs2)c1N. The average Bonchev–Trinajstić information content (AvgIpc) is 2.84. The number of benzene rings is 1. The second kappa shape index (κ2) is 4.80. The van der Waals surface area contributed by atoms with Crippen LogP contribution in [0.2, 0.25) is 0 Å². The lowest BCUT2D eigenvalue weighted by Crippen LogP contribution is -2.22. The third-order valence-electron chi connectivity index (χ3n) is 3.22. The zero-order chi connectivity index (χ0) is 12.4. The van der Waals surface area contributed by atoms with E-state index in [0.717, 1.165) is 16.9 Å². The molecule has 0 aliphatic rings. The molecule has 1 aromatic heterocycles. The van der Waals surface area contributed by atoms with Gasteiger partial charge in [-0.2, -0.15) is 0 Å². The predicted molar refractivity (Wildman–Crippen MR) is 76.7 cm³/mol. The lowest BCUT2D eigenvalue weighted by Gasteiger charge is -2.28. The van der Waals surface area contributed by atoms with Crippen LogP contribution in [0.5, 0.6) is 0 Å². The van der Waals surface area contributed by atoms with Crippen LogP contribution in [0.3, 0.4) is 0 Å². The van der Waals surface area contributed by atoms with Gasteiger partial charge in [0.05, 0.1) is 17.4 Å². The van der Waals surface area contributed by atoms with E-state index in [-0.39, 0.29) is 0 Å². The Morgan fingerprint density at radius 1 is 1.24 bits per heavy atom. The maximum Gasteiger partial charge on any atom is 0.0605 e. The summed E-state index contributed by atoms with van der Waals surface area (Å²) in [6, 6.07) is 10.8. The number of hydrogen-bond donors (Lipinski definition) is 1. The summed E-state index contributed by atoms with van der Waals surface area (Å²) in [7, 11) is 2.09. The number of hydrogen-bond acceptors (Lipinski definition) is 3. The molecule has 1 atom stereocenters. The molecule has 3 heteroatoms. The lowest BCUT2D eigenvalue weighted by molar-refractivity contribution is 0.755. The third kappa shape index (κ3) is 2.29. The quantitative estimate of drug-likeness (QED) is 0.834. The Kier molecular flexibility index (Phi) is 3.38. The fourth-order valence-electron chi connectivity index (χ4n) is 1.90. The van der Waals surface area contributed by atoms with Gasteiger partial charge in [-0.3, -0.25) is 0 Å². The van der Waals surface area contributed by atoms with Crippen molar-refractivity contribution in [3.8, 4) is 0 Å². The molecule has 2 rings (SSSR count). The number of nitrogen functional groups attached to an aromatic ring is 1. The van der Waals surface area contributed by atoms with Gasteiger partial charge in [-0.25, -0.2) is 0 Å². The monoisotopic (exact) mass is 246 g/mol. The summed E-state index contributed by atoms with van der Waals surface area (Å²) >= 11 is 1.78. The molecule has 0 radical (unpaired) electrons. The summed E-state index contributed by atoms with van der Waals surface area (Å²) < 4.78 is 0. The summed E-state index contributed by atoms with van der Waals surface area (Å²) in [6.45, 7) is 4.25. The minimum absolute atomic E-state index is 0.346. The number of thiophene rings is 1. The molecule has 2 N–H and O–H groups in total. The first kappa shape index (κ1) is 12.0. The molecule has 1 heterocycles. The van der Waals surface area contributed by atoms with Gasteiger partial charge in [0.15, 0.2) is 0 Å². The Labute approximate surface area is 107 Å². The normalized spacial score (nSPS) is 12.4. The highest BCUT2D eigenvalue weighted by molar-refractivity contribution is 7.10. The summed E-state index contributed by atoms with van der Waals surface area (Å²) in [4.78, 5) is 3.59. The van der Waals surface area contributed by atoms with Gasteiger partial charge in [0.25, 0.3) is 0 Å². The zero-order valence-corrected chi connectivity index (χ0v) is 11.3. The van der Waals surface area contributed by atoms with Crippen molar-refractivity contribution >= 4 is 22.7 Å². The summed E-state index contributed by atoms with van der Waals surface area (Å²) in [5, 5.41) is 2.11. The van der Waals surface area contributed by atoms with Crippen molar-refractivity contribution < 1.29 is 0 Å². The Bertz CT molecular complexity index is 491. The molecule has 90 valence electrons. The van der Waals surface area contributed by atoms with Gasteiger partial charge in [0, 0.05) is 11.9 Å². The molecule has 0 saturated carbocycles. The zero-order valence-electron chi connectivity index (χ0n) is 10.5. The van der Waals surface area contributed by atoms with E-state index in [0.29, 0.717) is 6.04 Å². The Hall–Kier alpha value is -1.48. The topological polar surface area (TPSA) is 29.3 Å². The highest BCUT2D eigenvalue weighted by atomic mass is 32.1. The molecule has 0 amide bonds. The van der Waals surface area contributed by atoms with Crippen LogP contribution in [-0.4, -0.2) is 7.05 Å². The first-order chi connectivity index (χ1) is 8.11. The molecule has 0 aliphatic heterocycles. The highest BCUT2D eigenvalue weighted by Gasteiger charge is 2.15. The van der Waals surface area contributed by atoms with E-state index < -0.39 is 0 Å². The average molecular weight is 246 g/mol. The first-order valence-corrected chi connectivity index (χ1v) is 6.60. The van der Waals surface area contributed by atoms with Crippen LogP contribution < -0.4 is 10.6 Å². The van der Waals surface area contributed by atoms with E-state index in [4.69, 9.17) is 5.73 Å². The number of rotatable bonds is 3. The second-order valence-corrected chi connectivity index (χ2v) is 5.29. The van der Waals surface area contributed by atoms with Crippen LogP contribution >= 0.6 is 11.3 Å². The number of nitrogens with zero attached hydrogens (tertiary/aromatic N) is 1. The van der Waals surface area contributed by atoms with Crippen LogP contribution in [0.25, 0.3) is 0 Å². The number of anilines is 2. The van der Waals surface area contributed by atoms with E-state index >= 15 is 0 Å². The van der Waals surface area contributed by atoms with Gasteiger partial charge in [0.1, 0.15) is 0 Å². The van der Waals surface area contributed by atoms with Crippen molar-refractivity contribution in [3.63, 3.8) is 0 Å². The molecule has 1 aromatic carbocycles. The van der Waals surface area contributed by atoms with Crippen molar-refractivity contribution in [1.82, 2.24) is 0 Å². The van der Waals surface area contributed by atoms with E-state index in [2.05, 4.69) is 48.5 Å². The van der Waals surface area contributed by atoms with Crippen LogP contribution in [-0.2, 0) is 0 Å². The summed E-state index contributed by atoms with van der Waals surface area (Å²) in [5.74, 6) is 0. The summed E-state index contributed by atoms with van der Waals surface area (Å²) in [6.07, 6.45) is 0. The van der Waals surface area contributed by atoms with Gasteiger partial charge < -0.3 is 10.6 Å². The molecule has 2 nitrogen and oxygen atoms in total. The molecule has 0 fully saturated rings. The fourth-order valence-corrected chi connectivity index (χ4v) is 2.73. The smallest absolute Gasteiger partial charge is 0.0605 e. The fraction of sp³-hybridized carbons (Fsp3) is 0.286. The Morgan fingerprint density at radius 2 is 2.00 bits per heavy atom. The van der Waals surface area contributed by atoms with Gasteiger partial charge in [0.2, 0.25) is 0 Å². The maximum absolute atomic E-state index is 6.14. The van der Waals surface area contributed by atoms with E-state index in [1.807, 2.05) is 13.0 Å². The minimum atomic E-state index is 0.346. The highest BCUT2D eigenvalue weighted by Crippen LogP contribution is 2.32.